The quantitative estimate of drug-likeness (QED) is 0.945. The van der Waals surface area contributed by atoms with E-state index in [1.807, 2.05) is 19.2 Å². The zero-order valence-electron chi connectivity index (χ0n) is 12.5. The lowest BCUT2D eigenvalue weighted by molar-refractivity contribution is 0.102. The first kappa shape index (κ1) is 14.7. The van der Waals surface area contributed by atoms with Crippen LogP contribution in [-0.4, -0.2) is 20.7 Å². The third-order valence-corrected chi connectivity index (χ3v) is 3.76. The van der Waals surface area contributed by atoms with Crippen molar-refractivity contribution in [1.29, 1.82) is 0 Å². The van der Waals surface area contributed by atoms with E-state index in [1.54, 1.807) is 10.7 Å². The molecule has 0 radical (unpaired) electrons. The summed E-state index contributed by atoms with van der Waals surface area (Å²) in [5, 5.41) is 9.66. The SMILES string of the molecule is CCn1nc(C(=O)Nc2nc(C(C)(C)C)cs2)cc1C. The third kappa shape index (κ3) is 3.07. The molecule has 0 aliphatic heterocycles. The van der Waals surface area contributed by atoms with Crippen molar-refractivity contribution in [3.63, 3.8) is 0 Å². The largest absolute Gasteiger partial charge is 0.296 e. The molecule has 0 bridgehead atoms. The standard InChI is InChI=1S/C14H20N4OS/c1-6-18-9(2)7-10(17-18)12(19)16-13-15-11(8-20-13)14(3,4)5/h7-8H,6H2,1-5H3,(H,15,16,19). The zero-order valence-corrected chi connectivity index (χ0v) is 13.3. The van der Waals surface area contributed by atoms with Crippen LogP contribution in [0.5, 0.6) is 0 Å². The lowest BCUT2D eigenvalue weighted by Gasteiger charge is -2.14. The second kappa shape index (κ2) is 5.36. The van der Waals surface area contributed by atoms with Crippen LogP contribution in [0.2, 0.25) is 0 Å². The Morgan fingerprint density at radius 3 is 2.65 bits per heavy atom. The highest BCUT2D eigenvalue weighted by molar-refractivity contribution is 7.14. The first-order valence-corrected chi connectivity index (χ1v) is 7.51. The summed E-state index contributed by atoms with van der Waals surface area (Å²) in [5.74, 6) is -0.213. The maximum atomic E-state index is 12.1. The van der Waals surface area contributed by atoms with E-state index >= 15 is 0 Å². The summed E-state index contributed by atoms with van der Waals surface area (Å²) >= 11 is 1.44. The van der Waals surface area contributed by atoms with Crippen LogP contribution in [0.1, 0.15) is 49.6 Å². The molecule has 6 heteroatoms. The molecule has 0 saturated heterocycles. The Kier molecular flexibility index (Phi) is 3.94. The Balaban J connectivity index is 2.13. The first-order valence-electron chi connectivity index (χ1n) is 6.63. The molecule has 0 aliphatic carbocycles. The number of hydrogen-bond donors (Lipinski definition) is 1. The molecular weight excluding hydrogens is 272 g/mol. The molecule has 1 amide bonds. The van der Waals surface area contributed by atoms with Crippen molar-refractivity contribution in [2.75, 3.05) is 5.32 Å². The summed E-state index contributed by atoms with van der Waals surface area (Å²) in [6.07, 6.45) is 0. The number of nitrogens with zero attached hydrogens (tertiary/aromatic N) is 3. The average molecular weight is 292 g/mol. The summed E-state index contributed by atoms with van der Waals surface area (Å²) in [6, 6.07) is 1.79. The van der Waals surface area contributed by atoms with Crippen molar-refractivity contribution >= 4 is 22.4 Å². The van der Waals surface area contributed by atoms with Crippen molar-refractivity contribution in [1.82, 2.24) is 14.8 Å². The maximum Gasteiger partial charge on any atom is 0.277 e. The maximum absolute atomic E-state index is 12.1. The first-order chi connectivity index (χ1) is 9.31. The molecule has 108 valence electrons. The Hall–Kier alpha value is -1.69. The second-order valence-corrected chi connectivity index (χ2v) is 6.59. The Morgan fingerprint density at radius 1 is 1.45 bits per heavy atom. The molecule has 2 heterocycles. The lowest BCUT2D eigenvalue weighted by Crippen LogP contribution is -2.15. The molecule has 1 N–H and O–H groups in total. The van der Waals surface area contributed by atoms with E-state index in [0.717, 1.165) is 17.9 Å². The molecule has 0 unspecified atom stereocenters. The van der Waals surface area contributed by atoms with Crippen LogP contribution >= 0.6 is 11.3 Å². The molecule has 0 atom stereocenters. The monoisotopic (exact) mass is 292 g/mol. The van der Waals surface area contributed by atoms with Gasteiger partial charge in [-0.05, 0) is 19.9 Å². The predicted molar refractivity (Wildman–Crippen MR) is 81.4 cm³/mol. The van der Waals surface area contributed by atoms with Crippen molar-refractivity contribution in [3.05, 3.63) is 28.5 Å². The van der Waals surface area contributed by atoms with Crippen molar-refractivity contribution in [3.8, 4) is 0 Å². The number of hydrogen-bond acceptors (Lipinski definition) is 4. The zero-order chi connectivity index (χ0) is 14.9. The number of thiazole rings is 1. The van der Waals surface area contributed by atoms with Crippen molar-refractivity contribution < 1.29 is 4.79 Å². The molecule has 0 fully saturated rings. The number of nitrogens with one attached hydrogen (secondary N) is 1. The van der Waals surface area contributed by atoms with E-state index in [9.17, 15) is 4.79 Å². The number of carbonyl (C=O) groups is 1. The fraction of sp³-hybridized carbons (Fsp3) is 0.500. The van der Waals surface area contributed by atoms with Gasteiger partial charge in [0.05, 0.1) is 5.69 Å². The highest BCUT2D eigenvalue weighted by Gasteiger charge is 2.19. The molecule has 5 nitrogen and oxygen atoms in total. The molecule has 2 rings (SSSR count). The van der Waals surface area contributed by atoms with Gasteiger partial charge in [0.1, 0.15) is 0 Å². The van der Waals surface area contributed by atoms with Gasteiger partial charge in [0, 0.05) is 23.0 Å². The van der Waals surface area contributed by atoms with Crippen LogP contribution < -0.4 is 5.32 Å². The number of aryl methyl sites for hydroxylation is 2. The van der Waals surface area contributed by atoms with Crippen LogP contribution in [0.3, 0.4) is 0 Å². The normalized spacial score (nSPS) is 11.7. The molecule has 2 aromatic rings. The molecule has 0 spiro atoms. The van der Waals surface area contributed by atoms with Crippen molar-refractivity contribution in [2.24, 2.45) is 0 Å². The number of carbonyl (C=O) groups excluding carboxylic acids is 1. The fourth-order valence-electron chi connectivity index (χ4n) is 1.78. The topological polar surface area (TPSA) is 59.8 Å². The van der Waals surface area contributed by atoms with Crippen LogP contribution in [0, 0.1) is 6.92 Å². The summed E-state index contributed by atoms with van der Waals surface area (Å²) in [6.45, 7) is 11.0. The highest BCUT2D eigenvalue weighted by Crippen LogP contribution is 2.26. The van der Waals surface area contributed by atoms with E-state index in [2.05, 4.69) is 36.2 Å². The average Bonchev–Trinajstić information content (AvgIpc) is 2.95. The van der Waals surface area contributed by atoms with E-state index in [1.165, 1.54) is 11.3 Å². The Bertz CT molecular complexity index is 621. The van der Waals surface area contributed by atoms with Crippen LogP contribution in [0.25, 0.3) is 0 Å². The van der Waals surface area contributed by atoms with Crippen LogP contribution in [0.4, 0.5) is 5.13 Å². The molecule has 0 aliphatic rings. The molecule has 0 aromatic carbocycles. The van der Waals surface area contributed by atoms with Crippen LogP contribution in [-0.2, 0) is 12.0 Å². The fourth-order valence-corrected chi connectivity index (χ4v) is 2.71. The minimum atomic E-state index is -0.213. The van der Waals surface area contributed by atoms with Gasteiger partial charge < -0.3 is 0 Å². The number of aromatic nitrogens is 3. The highest BCUT2D eigenvalue weighted by atomic mass is 32.1. The Labute approximate surface area is 123 Å². The molecule has 20 heavy (non-hydrogen) atoms. The molecule has 0 saturated carbocycles. The van der Waals surface area contributed by atoms with E-state index in [-0.39, 0.29) is 11.3 Å². The van der Waals surface area contributed by atoms with E-state index in [0.29, 0.717) is 10.8 Å². The van der Waals surface area contributed by atoms with Gasteiger partial charge in [-0.1, -0.05) is 20.8 Å². The van der Waals surface area contributed by atoms with Gasteiger partial charge in [-0.3, -0.25) is 14.8 Å². The minimum Gasteiger partial charge on any atom is -0.296 e. The predicted octanol–water partition coefficient (Wildman–Crippen LogP) is 3.22. The van der Waals surface area contributed by atoms with Gasteiger partial charge in [0.15, 0.2) is 10.8 Å². The van der Waals surface area contributed by atoms with E-state index < -0.39 is 0 Å². The van der Waals surface area contributed by atoms with Gasteiger partial charge in [0.2, 0.25) is 0 Å². The summed E-state index contributed by atoms with van der Waals surface area (Å²) in [5.41, 5.74) is 2.37. The van der Waals surface area contributed by atoms with Gasteiger partial charge >= 0.3 is 0 Å². The van der Waals surface area contributed by atoms with Gasteiger partial charge in [0.25, 0.3) is 5.91 Å². The number of rotatable bonds is 3. The molecule has 2 aromatic heterocycles. The summed E-state index contributed by atoms with van der Waals surface area (Å²) < 4.78 is 1.80. The van der Waals surface area contributed by atoms with Gasteiger partial charge in [-0.25, -0.2) is 4.98 Å². The van der Waals surface area contributed by atoms with E-state index in [4.69, 9.17) is 0 Å². The third-order valence-electron chi connectivity index (χ3n) is 3.01. The Morgan fingerprint density at radius 2 is 2.15 bits per heavy atom. The van der Waals surface area contributed by atoms with Crippen LogP contribution in [0.15, 0.2) is 11.4 Å². The second-order valence-electron chi connectivity index (χ2n) is 5.73. The van der Waals surface area contributed by atoms with Gasteiger partial charge in [-0.2, -0.15) is 5.10 Å². The smallest absolute Gasteiger partial charge is 0.277 e. The van der Waals surface area contributed by atoms with Gasteiger partial charge in [-0.15, -0.1) is 11.3 Å². The number of anilines is 1. The summed E-state index contributed by atoms with van der Waals surface area (Å²) in [4.78, 5) is 16.6. The van der Waals surface area contributed by atoms with Crippen molar-refractivity contribution in [2.45, 2.75) is 46.6 Å². The minimum absolute atomic E-state index is 0.0140. The molecular formula is C14H20N4OS. The summed E-state index contributed by atoms with van der Waals surface area (Å²) in [7, 11) is 0. The lowest BCUT2D eigenvalue weighted by atomic mass is 9.93. The number of amides is 1.